The van der Waals surface area contributed by atoms with Gasteiger partial charge >= 0.3 is 0 Å². The van der Waals surface area contributed by atoms with Gasteiger partial charge in [-0.3, -0.25) is 9.59 Å². The number of benzene rings is 1. The highest BCUT2D eigenvalue weighted by Crippen LogP contribution is 2.12. The average molecular weight is 274 g/mol. The lowest BCUT2D eigenvalue weighted by atomic mass is 10.1. The summed E-state index contributed by atoms with van der Waals surface area (Å²) in [6, 6.07) is 10.4. The number of hydrogen-bond acceptors (Lipinski definition) is 2. The summed E-state index contributed by atoms with van der Waals surface area (Å²) in [7, 11) is 0. The van der Waals surface area contributed by atoms with E-state index < -0.39 is 0 Å². The van der Waals surface area contributed by atoms with Gasteiger partial charge in [0.2, 0.25) is 5.91 Å². The van der Waals surface area contributed by atoms with E-state index >= 15 is 0 Å². The lowest BCUT2D eigenvalue weighted by molar-refractivity contribution is -0.122. The highest BCUT2D eigenvalue weighted by molar-refractivity contribution is 5.76. The van der Waals surface area contributed by atoms with Gasteiger partial charge in [-0.25, -0.2) is 4.39 Å². The molecule has 0 aliphatic heterocycles. The van der Waals surface area contributed by atoms with E-state index in [0.29, 0.717) is 0 Å². The molecule has 1 aromatic heterocycles. The predicted octanol–water partition coefficient (Wildman–Crippen LogP) is 1.86. The zero-order valence-electron chi connectivity index (χ0n) is 11.0. The first-order valence-corrected chi connectivity index (χ1v) is 6.26. The van der Waals surface area contributed by atoms with Crippen LogP contribution in [0.2, 0.25) is 0 Å². The van der Waals surface area contributed by atoms with Crippen LogP contribution in [0.25, 0.3) is 0 Å². The number of nitrogens with one attached hydrogen (secondary N) is 1. The van der Waals surface area contributed by atoms with Gasteiger partial charge in [0.1, 0.15) is 12.4 Å². The van der Waals surface area contributed by atoms with Gasteiger partial charge in [-0.15, -0.1) is 0 Å². The monoisotopic (exact) mass is 274 g/mol. The third-order valence-corrected chi connectivity index (χ3v) is 2.96. The standard InChI is InChI=1S/C15H15FN2O2/c1-11(12-5-7-13(16)8-6-12)17-14(19)10-18-9-3-2-4-15(18)20/h2-9,11H,10H2,1H3,(H,17,19)/t11-/m1/s1. The maximum absolute atomic E-state index is 12.8. The Labute approximate surface area is 115 Å². The molecule has 0 radical (unpaired) electrons. The first-order chi connectivity index (χ1) is 9.56. The topological polar surface area (TPSA) is 51.1 Å². The minimum absolute atomic E-state index is 0.0365. The molecule has 0 unspecified atom stereocenters. The van der Waals surface area contributed by atoms with E-state index in [1.165, 1.54) is 22.8 Å². The molecule has 1 atom stereocenters. The molecule has 0 spiro atoms. The molecule has 20 heavy (non-hydrogen) atoms. The van der Waals surface area contributed by atoms with E-state index in [0.717, 1.165) is 5.56 Å². The lowest BCUT2D eigenvalue weighted by Gasteiger charge is -2.14. The second-order valence-electron chi connectivity index (χ2n) is 4.51. The Kier molecular flexibility index (Phi) is 4.30. The Bertz CT molecular complexity index is 649. The summed E-state index contributed by atoms with van der Waals surface area (Å²) in [5.41, 5.74) is 0.581. The molecule has 0 fully saturated rings. The Morgan fingerprint density at radius 3 is 2.60 bits per heavy atom. The Hall–Kier alpha value is -2.43. The van der Waals surface area contributed by atoms with Crippen molar-refractivity contribution in [3.8, 4) is 0 Å². The van der Waals surface area contributed by atoms with Crippen molar-refractivity contribution in [3.05, 3.63) is 70.4 Å². The zero-order chi connectivity index (χ0) is 14.5. The van der Waals surface area contributed by atoms with Gasteiger partial charge in [0, 0.05) is 12.3 Å². The van der Waals surface area contributed by atoms with E-state index in [1.54, 1.807) is 37.4 Å². The van der Waals surface area contributed by atoms with Crippen molar-refractivity contribution < 1.29 is 9.18 Å². The Balaban J connectivity index is 1.99. The molecule has 2 rings (SSSR count). The molecule has 4 nitrogen and oxygen atoms in total. The van der Waals surface area contributed by atoms with Gasteiger partial charge in [-0.1, -0.05) is 18.2 Å². The molecule has 0 aliphatic carbocycles. The summed E-state index contributed by atoms with van der Waals surface area (Å²) in [5, 5.41) is 2.77. The largest absolute Gasteiger partial charge is 0.348 e. The summed E-state index contributed by atoms with van der Waals surface area (Å²) in [4.78, 5) is 23.4. The van der Waals surface area contributed by atoms with Gasteiger partial charge in [-0.2, -0.15) is 0 Å². The summed E-state index contributed by atoms with van der Waals surface area (Å²) in [6.07, 6.45) is 1.56. The smallest absolute Gasteiger partial charge is 0.250 e. The SMILES string of the molecule is C[C@@H](NC(=O)Cn1ccccc1=O)c1ccc(F)cc1. The van der Waals surface area contributed by atoms with Crippen molar-refractivity contribution in [2.24, 2.45) is 0 Å². The van der Waals surface area contributed by atoms with Crippen LogP contribution in [0.1, 0.15) is 18.5 Å². The van der Waals surface area contributed by atoms with E-state index in [9.17, 15) is 14.0 Å². The van der Waals surface area contributed by atoms with Gasteiger partial charge in [-0.05, 0) is 30.7 Å². The van der Waals surface area contributed by atoms with Crippen LogP contribution in [0.4, 0.5) is 4.39 Å². The van der Waals surface area contributed by atoms with Crippen LogP contribution in [0.3, 0.4) is 0 Å². The molecule has 104 valence electrons. The molecule has 1 heterocycles. The third kappa shape index (κ3) is 3.54. The van der Waals surface area contributed by atoms with Crippen LogP contribution >= 0.6 is 0 Å². The van der Waals surface area contributed by atoms with Gasteiger partial charge in [0.25, 0.3) is 5.56 Å². The summed E-state index contributed by atoms with van der Waals surface area (Å²) in [5.74, 6) is -0.585. The van der Waals surface area contributed by atoms with Gasteiger partial charge in [0.15, 0.2) is 0 Å². The normalized spacial score (nSPS) is 11.9. The maximum atomic E-state index is 12.8. The van der Waals surface area contributed by atoms with Crippen molar-refractivity contribution in [1.82, 2.24) is 9.88 Å². The first-order valence-electron chi connectivity index (χ1n) is 6.26. The van der Waals surface area contributed by atoms with Crippen molar-refractivity contribution in [2.45, 2.75) is 19.5 Å². The molecule has 0 aliphatic rings. The van der Waals surface area contributed by atoms with Crippen LogP contribution in [0.15, 0.2) is 53.5 Å². The maximum Gasteiger partial charge on any atom is 0.250 e. The van der Waals surface area contributed by atoms with Crippen molar-refractivity contribution in [3.63, 3.8) is 0 Å². The van der Waals surface area contributed by atoms with Crippen LogP contribution in [-0.4, -0.2) is 10.5 Å². The van der Waals surface area contributed by atoms with Gasteiger partial charge in [0.05, 0.1) is 6.04 Å². The van der Waals surface area contributed by atoms with Crippen LogP contribution < -0.4 is 10.9 Å². The number of nitrogens with zero attached hydrogens (tertiary/aromatic N) is 1. The molecule has 2 aromatic rings. The number of halogens is 1. The number of amides is 1. The summed E-state index contributed by atoms with van der Waals surface area (Å²) >= 11 is 0. The third-order valence-electron chi connectivity index (χ3n) is 2.96. The fourth-order valence-corrected chi connectivity index (χ4v) is 1.87. The minimum Gasteiger partial charge on any atom is -0.348 e. The molecular formula is C15H15FN2O2. The molecule has 1 aromatic carbocycles. The molecule has 0 bridgehead atoms. The van der Waals surface area contributed by atoms with E-state index in [2.05, 4.69) is 5.32 Å². The highest BCUT2D eigenvalue weighted by atomic mass is 19.1. The number of carbonyl (C=O) groups is 1. The Morgan fingerprint density at radius 2 is 1.95 bits per heavy atom. The first kappa shape index (κ1) is 14.0. The second-order valence-corrected chi connectivity index (χ2v) is 4.51. The quantitative estimate of drug-likeness (QED) is 0.925. The molecule has 1 amide bonds. The second kappa shape index (κ2) is 6.14. The predicted molar refractivity (Wildman–Crippen MR) is 73.7 cm³/mol. The van der Waals surface area contributed by atoms with E-state index in [-0.39, 0.29) is 29.9 Å². The minimum atomic E-state index is -0.317. The summed E-state index contributed by atoms with van der Waals surface area (Å²) in [6.45, 7) is 1.77. The van der Waals surface area contributed by atoms with Crippen LogP contribution in [0, 0.1) is 5.82 Å². The molecule has 0 saturated carbocycles. The fraction of sp³-hybridized carbons (Fsp3) is 0.200. The van der Waals surface area contributed by atoms with Crippen LogP contribution in [-0.2, 0) is 11.3 Å². The number of aromatic nitrogens is 1. The Morgan fingerprint density at radius 1 is 1.25 bits per heavy atom. The highest BCUT2D eigenvalue weighted by Gasteiger charge is 2.10. The number of rotatable bonds is 4. The summed E-state index contributed by atoms with van der Waals surface area (Å²) < 4.78 is 14.1. The van der Waals surface area contributed by atoms with Gasteiger partial charge < -0.3 is 9.88 Å². The van der Waals surface area contributed by atoms with E-state index in [1.807, 2.05) is 0 Å². The molecule has 5 heteroatoms. The van der Waals surface area contributed by atoms with Crippen molar-refractivity contribution in [1.29, 1.82) is 0 Å². The number of carbonyl (C=O) groups excluding carboxylic acids is 1. The fourth-order valence-electron chi connectivity index (χ4n) is 1.87. The van der Waals surface area contributed by atoms with Crippen molar-refractivity contribution in [2.75, 3.05) is 0 Å². The number of pyridine rings is 1. The molecular weight excluding hydrogens is 259 g/mol. The van der Waals surface area contributed by atoms with Crippen LogP contribution in [0.5, 0.6) is 0 Å². The van der Waals surface area contributed by atoms with E-state index in [4.69, 9.17) is 0 Å². The average Bonchev–Trinajstić information content (AvgIpc) is 2.42. The van der Waals surface area contributed by atoms with Crippen molar-refractivity contribution >= 4 is 5.91 Å². The molecule has 1 N–H and O–H groups in total. The lowest BCUT2D eigenvalue weighted by Crippen LogP contribution is -2.33. The molecule has 0 saturated heterocycles. The number of hydrogen-bond donors (Lipinski definition) is 1. The zero-order valence-corrected chi connectivity index (χ0v) is 11.0.